The Morgan fingerprint density at radius 2 is 1.59 bits per heavy atom. The summed E-state index contributed by atoms with van der Waals surface area (Å²) < 4.78 is 2.12. The number of carbonyl (C=O) groups excluding carboxylic acids is 1. The predicted octanol–water partition coefficient (Wildman–Crippen LogP) is 8.28. The van der Waals surface area contributed by atoms with Crippen molar-refractivity contribution in [2.24, 2.45) is 0 Å². The lowest BCUT2D eigenvalue weighted by Gasteiger charge is -2.14. The number of aromatic nitrogens is 2. The standard InChI is InChI=1S/C31H37N3O2S3/c1-3-4-5-6-7-8-9-10-11-15-20-33-30(36)26(39-31(33)37)21-25-28(38-24-16-13-12-14-17-24)32-27-19-18-23(2)22-34(27)29(25)35/h12-14,16-19,21-22H,3-11,15,20H2,1-2H3/b26-21+. The van der Waals surface area contributed by atoms with Gasteiger partial charge in [-0.15, -0.1) is 0 Å². The van der Waals surface area contributed by atoms with Crippen molar-refractivity contribution < 1.29 is 4.79 Å². The summed E-state index contributed by atoms with van der Waals surface area (Å²) >= 11 is 8.27. The number of thioether (sulfide) groups is 1. The molecule has 0 spiro atoms. The molecule has 8 heteroatoms. The van der Waals surface area contributed by atoms with E-state index in [2.05, 4.69) is 6.92 Å². The van der Waals surface area contributed by atoms with Crippen molar-refractivity contribution >= 4 is 57.7 Å². The van der Waals surface area contributed by atoms with Crippen LogP contribution < -0.4 is 5.56 Å². The lowest BCUT2D eigenvalue weighted by molar-refractivity contribution is -0.122. The third-order valence-electron chi connectivity index (χ3n) is 6.81. The van der Waals surface area contributed by atoms with Gasteiger partial charge in [0.15, 0.2) is 0 Å². The number of hydrogen-bond donors (Lipinski definition) is 0. The quantitative estimate of drug-likeness (QED) is 0.0829. The van der Waals surface area contributed by atoms with Crippen LogP contribution in [0.4, 0.5) is 0 Å². The van der Waals surface area contributed by atoms with Gasteiger partial charge in [0, 0.05) is 17.6 Å². The highest BCUT2D eigenvalue weighted by molar-refractivity contribution is 8.26. The van der Waals surface area contributed by atoms with Crippen molar-refractivity contribution in [2.45, 2.75) is 88.0 Å². The molecule has 1 aliphatic heterocycles. The number of hydrogen-bond acceptors (Lipinski definition) is 6. The van der Waals surface area contributed by atoms with E-state index in [1.165, 1.54) is 74.9 Å². The zero-order chi connectivity index (χ0) is 27.6. The summed E-state index contributed by atoms with van der Waals surface area (Å²) in [4.78, 5) is 34.9. The molecule has 0 aliphatic carbocycles. The molecule has 0 N–H and O–H groups in total. The Morgan fingerprint density at radius 1 is 0.923 bits per heavy atom. The first-order valence-electron chi connectivity index (χ1n) is 14.0. The molecule has 1 saturated heterocycles. The summed E-state index contributed by atoms with van der Waals surface area (Å²) in [5.41, 5.74) is 1.76. The molecular formula is C31H37N3O2S3. The second-order valence-electron chi connectivity index (χ2n) is 10.0. The van der Waals surface area contributed by atoms with E-state index in [1.54, 1.807) is 21.6 Å². The Balaban J connectivity index is 1.45. The first kappa shape index (κ1) is 29.6. The minimum atomic E-state index is -0.193. The molecule has 1 fully saturated rings. The number of carbonyl (C=O) groups is 1. The highest BCUT2D eigenvalue weighted by Crippen LogP contribution is 2.35. The average molecular weight is 580 g/mol. The minimum absolute atomic E-state index is 0.120. The van der Waals surface area contributed by atoms with Crippen LogP contribution in [0.1, 0.15) is 82.3 Å². The second-order valence-corrected chi connectivity index (χ2v) is 12.7. The van der Waals surface area contributed by atoms with Crippen LogP contribution in [0.5, 0.6) is 0 Å². The Kier molecular flexibility index (Phi) is 11.2. The highest BCUT2D eigenvalue weighted by atomic mass is 32.2. The van der Waals surface area contributed by atoms with Crippen LogP contribution in [0.2, 0.25) is 0 Å². The van der Waals surface area contributed by atoms with Crippen LogP contribution in [0, 0.1) is 6.92 Å². The molecule has 0 unspecified atom stereocenters. The Hall–Kier alpha value is -2.42. The number of nitrogens with zero attached hydrogens (tertiary/aromatic N) is 3. The third-order valence-corrected chi connectivity index (χ3v) is 9.20. The molecular weight excluding hydrogens is 543 g/mol. The van der Waals surface area contributed by atoms with Crippen molar-refractivity contribution in [3.8, 4) is 0 Å². The van der Waals surface area contributed by atoms with Gasteiger partial charge in [0.2, 0.25) is 0 Å². The zero-order valence-corrected chi connectivity index (χ0v) is 25.3. The maximum atomic E-state index is 13.6. The molecule has 1 amide bonds. The van der Waals surface area contributed by atoms with Crippen molar-refractivity contribution in [1.29, 1.82) is 0 Å². The van der Waals surface area contributed by atoms with Crippen molar-refractivity contribution in [3.05, 3.63) is 75.0 Å². The van der Waals surface area contributed by atoms with Gasteiger partial charge in [-0.25, -0.2) is 4.98 Å². The summed E-state index contributed by atoms with van der Waals surface area (Å²) in [7, 11) is 0. The minimum Gasteiger partial charge on any atom is -0.293 e. The van der Waals surface area contributed by atoms with E-state index in [0.717, 1.165) is 23.3 Å². The molecule has 0 bridgehead atoms. The largest absolute Gasteiger partial charge is 0.293 e. The van der Waals surface area contributed by atoms with Gasteiger partial charge < -0.3 is 0 Å². The van der Waals surface area contributed by atoms with Gasteiger partial charge in [-0.3, -0.25) is 18.9 Å². The van der Waals surface area contributed by atoms with Crippen LogP contribution in [0.3, 0.4) is 0 Å². The van der Waals surface area contributed by atoms with Gasteiger partial charge in [0.1, 0.15) is 15.0 Å². The molecule has 4 rings (SSSR count). The number of aryl methyl sites for hydroxylation is 1. The van der Waals surface area contributed by atoms with Gasteiger partial charge in [0.05, 0.1) is 10.5 Å². The fraction of sp³-hybridized carbons (Fsp3) is 0.419. The van der Waals surface area contributed by atoms with E-state index < -0.39 is 0 Å². The van der Waals surface area contributed by atoms with E-state index in [-0.39, 0.29) is 11.5 Å². The normalized spacial score (nSPS) is 14.7. The van der Waals surface area contributed by atoms with Crippen LogP contribution in [0.25, 0.3) is 11.7 Å². The summed E-state index contributed by atoms with van der Waals surface area (Å²) in [6.07, 6.45) is 15.9. The number of rotatable bonds is 14. The van der Waals surface area contributed by atoms with Crippen LogP contribution >= 0.6 is 35.7 Å². The zero-order valence-electron chi connectivity index (χ0n) is 22.9. The monoisotopic (exact) mass is 579 g/mol. The molecule has 206 valence electrons. The molecule has 2 aromatic heterocycles. The van der Waals surface area contributed by atoms with Crippen LogP contribution in [-0.2, 0) is 4.79 Å². The molecule has 1 aromatic carbocycles. The smallest absolute Gasteiger partial charge is 0.266 e. The Morgan fingerprint density at radius 3 is 2.28 bits per heavy atom. The molecule has 39 heavy (non-hydrogen) atoms. The SMILES string of the molecule is CCCCCCCCCCCCN1C(=O)/C(=C\c2c(Sc3ccccc3)nc3ccc(C)cn3c2=O)SC1=S. The predicted molar refractivity (Wildman–Crippen MR) is 168 cm³/mol. The number of pyridine rings is 1. The summed E-state index contributed by atoms with van der Waals surface area (Å²) in [6.45, 7) is 4.81. The maximum absolute atomic E-state index is 13.6. The van der Waals surface area contributed by atoms with E-state index in [9.17, 15) is 9.59 Å². The number of fused-ring (bicyclic) bond motifs is 1. The van der Waals surface area contributed by atoms with Crippen molar-refractivity contribution in [1.82, 2.24) is 14.3 Å². The van der Waals surface area contributed by atoms with Crippen molar-refractivity contribution in [3.63, 3.8) is 0 Å². The van der Waals surface area contributed by atoms with E-state index in [0.29, 0.717) is 32.0 Å². The molecule has 3 heterocycles. The van der Waals surface area contributed by atoms with Crippen LogP contribution in [0.15, 0.2) is 68.3 Å². The lowest BCUT2D eigenvalue weighted by atomic mass is 10.1. The van der Waals surface area contributed by atoms with Gasteiger partial charge in [0.25, 0.3) is 11.5 Å². The molecule has 1 aliphatic rings. The van der Waals surface area contributed by atoms with Crippen LogP contribution in [-0.4, -0.2) is 31.1 Å². The average Bonchev–Trinajstić information content (AvgIpc) is 3.20. The summed E-state index contributed by atoms with van der Waals surface area (Å²) in [5.74, 6) is -0.120. The summed E-state index contributed by atoms with van der Waals surface area (Å²) in [6, 6.07) is 13.6. The number of amides is 1. The van der Waals surface area contributed by atoms with Gasteiger partial charge >= 0.3 is 0 Å². The highest BCUT2D eigenvalue weighted by Gasteiger charge is 2.32. The molecule has 3 aromatic rings. The first-order valence-corrected chi connectivity index (χ1v) is 16.0. The third kappa shape index (κ3) is 8.05. The maximum Gasteiger partial charge on any atom is 0.266 e. The number of thiocarbonyl (C=S) groups is 1. The van der Waals surface area contributed by atoms with Gasteiger partial charge in [-0.1, -0.05) is 125 Å². The van der Waals surface area contributed by atoms with Gasteiger partial charge in [-0.05, 0) is 43.2 Å². The topological polar surface area (TPSA) is 54.7 Å². The summed E-state index contributed by atoms with van der Waals surface area (Å²) in [5, 5.41) is 0.579. The van der Waals surface area contributed by atoms with Gasteiger partial charge in [-0.2, -0.15) is 0 Å². The van der Waals surface area contributed by atoms with E-state index in [1.807, 2.05) is 49.4 Å². The van der Waals surface area contributed by atoms with Crippen molar-refractivity contribution in [2.75, 3.05) is 6.54 Å². The molecule has 5 nitrogen and oxygen atoms in total. The Labute approximate surface area is 245 Å². The second kappa shape index (κ2) is 14.8. The fourth-order valence-electron chi connectivity index (χ4n) is 4.62. The first-order chi connectivity index (χ1) is 19.0. The fourth-order valence-corrected chi connectivity index (χ4v) is 6.82. The Bertz CT molecular complexity index is 1390. The number of unbranched alkanes of at least 4 members (excludes halogenated alkanes) is 9. The molecule has 0 saturated carbocycles. The number of benzene rings is 1. The molecule has 0 atom stereocenters. The van der Waals surface area contributed by atoms with E-state index in [4.69, 9.17) is 17.2 Å². The molecule has 0 radical (unpaired) electrons. The van der Waals surface area contributed by atoms with E-state index >= 15 is 0 Å². The lowest BCUT2D eigenvalue weighted by Crippen LogP contribution is -2.29.